The molecule has 0 spiro atoms. The van der Waals surface area contributed by atoms with Gasteiger partial charge in [0.2, 0.25) is 5.91 Å². The molecule has 96 valence electrons. The van der Waals surface area contributed by atoms with Gasteiger partial charge in [0.25, 0.3) is 0 Å². The molecule has 1 heterocycles. The van der Waals surface area contributed by atoms with Crippen LogP contribution in [0.25, 0.3) is 10.1 Å². The molecule has 5 heteroatoms. The monoisotopic (exact) mass is 267 g/mol. The number of halogens is 1. The van der Waals surface area contributed by atoms with Crippen LogP contribution >= 0.6 is 11.3 Å². The summed E-state index contributed by atoms with van der Waals surface area (Å²) in [6.45, 7) is 2.07. The van der Waals surface area contributed by atoms with Gasteiger partial charge in [0.15, 0.2) is 11.6 Å². The molecular weight excluding hydrogens is 253 g/mol. The molecule has 0 unspecified atom stereocenters. The molecule has 1 amide bonds. The molecule has 0 fully saturated rings. The number of carbonyl (C=O) groups is 1. The van der Waals surface area contributed by atoms with E-state index in [0.29, 0.717) is 6.54 Å². The number of rotatable bonds is 4. The number of carbonyl (C=O) groups excluding carboxylic acids is 1. The molecule has 0 radical (unpaired) electrons. The van der Waals surface area contributed by atoms with Crippen LogP contribution in [0.4, 0.5) is 4.39 Å². The topological polar surface area (TPSA) is 38.3 Å². The second kappa shape index (κ2) is 5.35. The first-order valence-electron chi connectivity index (χ1n) is 5.60. The Morgan fingerprint density at radius 2 is 2.28 bits per heavy atom. The summed E-state index contributed by atoms with van der Waals surface area (Å²) in [7, 11) is 1.45. The van der Waals surface area contributed by atoms with Gasteiger partial charge in [-0.3, -0.25) is 4.79 Å². The lowest BCUT2D eigenvalue weighted by Gasteiger charge is -2.04. The highest BCUT2D eigenvalue weighted by molar-refractivity contribution is 7.17. The van der Waals surface area contributed by atoms with Crippen molar-refractivity contribution in [2.45, 2.75) is 13.3 Å². The molecule has 1 N–H and O–H groups in total. The van der Waals surface area contributed by atoms with Crippen molar-refractivity contribution in [2.24, 2.45) is 0 Å². The fourth-order valence-corrected chi connectivity index (χ4v) is 2.81. The maximum Gasteiger partial charge on any atom is 0.216 e. The summed E-state index contributed by atoms with van der Waals surface area (Å²) in [6, 6.07) is 3.20. The Labute approximate surface area is 109 Å². The zero-order chi connectivity index (χ0) is 13.1. The van der Waals surface area contributed by atoms with Crippen molar-refractivity contribution in [3.63, 3.8) is 0 Å². The van der Waals surface area contributed by atoms with Crippen LogP contribution in [-0.4, -0.2) is 19.6 Å². The lowest BCUT2D eigenvalue weighted by molar-refractivity contribution is -0.118. The maximum absolute atomic E-state index is 13.5. The van der Waals surface area contributed by atoms with Gasteiger partial charge in [-0.05, 0) is 34.9 Å². The van der Waals surface area contributed by atoms with Crippen molar-refractivity contribution in [1.29, 1.82) is 0 Å². The lowest BCUT2D eigenvalue weighted by atomic mass is 10.1. The van der Waals surface area contributed by atoms with Crippen LogP contribution in [0.2, 0.25) is 0 Å². The predicted molar refractivity (Wildman–Crippen MR) is 70.7 cm³/mol. The summed E-state index contributed by atoms with van der Waals surface area (Å²) < 4.78 is 19.4. The van der Waals surface area contributed by atoms with Gasteiger partial charge in [0.1, 0.15) is 0 Å². The Balaban J connectivity index is 2.26. The Kier molecular flexibility index (Phi) is 3.81. The molecule has 0 aliphatic carbocycles. The molecular formula is C13H14FNO2S. The minimum absolute atomic E-state index is 0.0434. The molecule has 0 saturated carbocycles. The number of thiophene rings is 1. The molecule has 2 rings (SSSR count). The smallest absolute Gasteiger partial charge is 0.216 e. The number of fused-ring (bicyclic) bond motifs is 1. The molecule has 0 aliphatic rings. The first-order chi connectivity index (χ1) is 8.61. The first-order valence-corrected chi connectivity index (χ1v) is 6.48. The van der Waals surface area contributed by atoms with Gasteiger partial charge < -0.3 is 10.1 Å². The highest BCUT2D eigenvalue weighted by atomic mass is 32.1. The van der Waals surface area contributed by atoms with E-state index in [1.54, 1.807) is 6.07 Å². The average molecular weight is 267 g/mol. The van der Waals surface area contributed by atoms with E-state index in [1.807, 2.05) is 5.38 Å². The Hall–Kier alpha value is -1.62. The first kappa shape index (κ1) is 12.8. The predicted octanol–water partition coefficient (Wildman–Crippen LogP) is 2.73. The number of amides is 1. The second-order valence-electron chi connectivity index (χ2n) is 3.98. The van der Waals surface area contributed by atoms with Crippen molar-refractivity contribution in [2.75, 3.05) is 13.7 Å². The quantitative estimate of drug-likeness (QED) is 0.925. The zero-order valence-electron chi connectivity index (χ0n) is 10.2. The fourth-order valence-electron chi connectivity index (χ4n) is 1.80. The minimum atomic E-state index is -0.347. The van der Waals surface area contributed by atoms with Crippen LogP contribution in [0.3, 0.4) is 0 Å². The van der Waals surface area contributed by atoms with Gasteiger partial charge >= 0.3 is 0 Å². The standard InChI is InChI=1S/C13H14FNO2S/c1-8(16)15-4-3-9-7-18-13-6-11(14)12(17-2)5-10(9)13/h5-7H,3-4H2,1-2H3,(H,15,16). The van der Waals surface area contributed by atoms with Crippen LogP contribution in [0, 0.1) is 5.82 Å². The molecule has 3 nitrogen and oxygen atoms in total. The summed E-state index contributed by atoms with van der Waals surface area (Å²) in [5.41, 5.74) is 1.10. The van der Waals surface area contributed by atoms with Gasteiger partial charge in [-0.1, -0.05) is 0 Å². The number of hydrogen-bond acceptors (Lipinski definition) is 3. The van der Waals surface area contributed by atoms with E-state index in [4.69, 9.17) is 4.74 Å². The van der Waals surface area contributed by atoms with E-state index in [0.717, 1.165) is 22.1 Å². The molecule has 0 atom stereocenters. The van der Waals surface area contributed by atoms with Crippen molar-refractivity contribution in [1.82, 2.24) is 5.32 Å². The van der Waals surface area contributed by atoms with Crippen LogP contribution in [0.5, 0.6) is 5.75 Å². The fraction of sp³-hybridized carbons (Fsp3) is 0.308. The SMILES string of the molecule is COc1cc2c(CCNC(C)=O)csc2cc1F. The number of methoxy groups -OCH3 is 1. The largest absolute Gasteiger partial charge is 0.494 e. The van der Waals surface area contributed by atoms with Crippen molar-refractivity contribution >= 4 is 27.3 Å². The van der Waals surface area contributed by atoms with Crippen LogP contribution in [0.15, 0.2) is 17.5 Å². The van der Waals surface area contributed by atoms with Crippen LogP contribution in [0.1, 0.15) is 12.5 Å². The molecule has 0 bridgehead atoms. The Morgan fingerprint density at radius 1 is 1.50 bits per heavy atom. The molecule has 2 aromatic rings. The third kappa shape index (κ3) is 2.61. The molecule has 18 heavy (non-hydrogen) atoms. The van der Waals surface area contributed by atoms with E-state index in [1.165, 1.54) is 31.4 Å². The zero-order valence-corrected chi connectivity index (χ0v) is 11.1. The molecule has 1 aromatic carbocycles. The highest BCUT2D eigenvalue weighted by Crippen LogP contribution is 2.31. The maximum atomic E-state index is 13.5. The number of benzene rings is 1. The van der Waals surface area contributed by atoms with Crippen molar-refractivity contribution in [3.8, 4) is 5.75 Å². The summed E-state index contributed by atoms with van der Waals surface area (Å²) in [5.74, 6) is -0.139. The second-order valence-corrected chi connectivity index (χ2v) is 4.89. The average Bonchev–Trinajstić information content (AvgIpc) is 2.70. The summed E-state index contributed by atoms with van der Waals surface area (Å²) in [6.07, 6.45) is 0.731. The van der Waals surface area contributed by atoms with Gasteiger partial charge in [-0.25, -0.2) is 4.39 Å². The Morgan fingerprint density at radius 3 is 2.94 bits per heavy atom. The lowest BCUT2D eigenvalue weighted by Crippen LogP contribution is -2.22. The van der Waals surface area contributed by atoms with E-state index >= 15 is 0 Å². The van der Waals surface area contributed by atoms with E-state index < -0.39 is 0 Å². The van der Waals surface area contributed by atoms with Gasteiger partial charge in [-0.2, -0.15) is 0 Å². The van der Waals surface area contributed by atoms with Gasteiger partial charge in [0.05, 0.1) is 7.11 Å². The van der Waals surface area contributed by atoms with Gasteiger partial charge in [-0.15, -0.1) is 11.3 Å². The normalized spacial score (nSPS) is 10.6. The van der Waals surface area contributed by atoms with E-state index in [-0.39, 0.29) is 17.5 Å². The van der Waals surface area contributed by atoms with E-state index in [2.05, 4.69) is 5.32 Å². The Bertz CT molecular complexity index is 580. The van der Waals surface area contributed by atoms with Gasteiger partial charge in [0, 0.05) is 18.2 Å². The number of nitrogens with one attached hydrogen (secondary N) is 1. The van der Waals surface area contributed by atoms with Crippen LogP contribution < -0.4 is 10.1 Å². The highest BCUT2D eigenvalue weighted by Gasteiger charge is 2.10. The summed E-state index contributed by atoms with van der Waals surface area (Å²) in [4.78, 5) is 10.8. The van der Waals surface area contributed by atoms with Crippen molar-refractivity contribution < 1.29 is 13.9 Å². The summed E-state index contributed by atoms with van der Waals surface area (Å²) in [5, 5.41) is 5.73. The number of hydrogen-bond donors (Lipinski definition) is 1. The molecule has 1 aromatic heterocycles. The van der Waals surface area contributed by atoms with E-state index in [9.17, 15) is 9.18 Å². The number of ether oxygens (including phenoxy) is 1. The third-order valence-corrected chi connectivity index (χ3v) is 3.69. The van der Waals surface area contributed by atoms with Crippen LogP contribution in [-0.2, 0) is 11.2 Å². The third-order valence-electron chi connectivity index (χ3n) is 2.70. The summed E-state index contributed by atoms with van der Waals surface area (Å²) >= 11 is 1.50. The molecule has 0 aliphatic heterocycles. The molecule has 0 saturated heterocycles. The minimum Gasteiger partial charge on any atom is -0.494 e. The van der Waals surface area contributed by atoms with Crippen molar-refractivity contribution in [3.05, 3.63) is 28.9 Å².